The number of hydrogen-bond donors (Lipinski definition) is 1. The van der Waals surface area contributed by atoms with Crippen molar-refractivity contribution < 1.29 is 19.1 Å². The van der Waals surface area contributed by atoms with E-state index in [9.17, 15) is 9.59 Å². The molecule has 0 heterocycles. The fraction of sp³-hybridized carbons (Fsp3) is 0.600. The van der Waals surface area contributed by atoms with E-state index >= 15 is 0 Å². The lowest BCUT2D eigenvalue weighted by Gasteiger charge is -2.26. The molecule has 0 bridgehead atoms. The predicted octanol–water partition coefficient (Wildman–Crippen LogP) is 4.20. The summed E-state index contributed by atoms with van der Waals surface area (Å²) in [5.74, 6) is 0.0644. The van der Waals surface area contributed by atoms with Gasteiger partial charge in [-0.25, -0.2) is 9.59 Å². The van der Waals surface area contributed by atoms with Crippen LogP contribution in [0.25, 0.3) is 0 Å². The van der Waals surface area contributed by atoms with E-state index in [-0.39, 0.29) is 12.1 Å². The lowest BCUT2D eigenvalue weighted by atomic mass is 9.80. The highest BCUT2D eigenvalue weighted by Crippen LogP contribution is 2.34. The van der Waals surface area contributed by atoms with Crippen molar-refractivity contribution in [3.05, 3.63) is 34.9 Å². The Labute approximate surface area is 150 Å². The molecule has 0 spiro atoms. The Morgan fingerprint density at radius 2 is 2.04 bits per heavy atom. The van der Waals surface area contributed by atoms with E-state index in [1.807, 2.05) is 39.0 Å². The first kappa shape index (κ1) is 19.3. The molecule has 5 heteroatoms. The average molecular weight is 347 g/mol. The highest BCUT2D eigenvalue weighted by Gasteiger charge is 2.22. The van der Waals surface area contributed by atoms with Gasteiger partial charge >= 0.3 is 12.1 Å². The summed E-state index contributed by atoms with van der Waals surface area (Å²) in [7, 11) is 0. The molecule has 0 fully saturated rings. The first-order chi connectivity index (χ1) is 11.8. The van der Waals surface area contributed by atoms with E-state index in [0.29, 0.717) is 24.6 Å². The van der Waals surface area contributed by atoms with Crippen LogP contribution in [0.4, 0.5) is 4.79 Å². The van der Waals surface area contributed by atoms with Gasteiger partial charge in [0.15, 0.2) is 0 Å². The zero-order valence-corrected chi connectivity index (χ0v) is 15.7. The first-order valence-corrected chi connectivity index (χ1v) is 9.07. The molecular formula is C20H29NO4. The number of ether oxygens (including phenoxy) is 2. The molecule has 2 rings (SSSR count). The topological polar surface area (TPSA) is 64.6 Å². The van der Waals surface area contributed by atoms with Gasteiger partial charge in [0.25, 0.3) is 0 Å². The van der Waals surface area contributed by atoms with E-state index in [0.717, 1.165) is 25.7 Å². The molecule has 25 heavy (non-hydrogen) atoms. The number of nitrogens with one attached hydrogen (secondary N) is 1. The molecule has 1 N–H and O–H groups in total. The fourth-order valence-electron chi connectivity index (χ4n) is 3.20. The van der Waals surface area contributed by atoms with E-state index in [1.54, 1.807) is 6.92 Å². The molecule has 1 amide bonds. The molecule has 0 saturated carbocycles. The maximum atomic E-state index is 12.0. The number of carbonyl (C=O) groups is 2. The summed E-state index contributed by atoms with van der Waals surface area (Å²) in [6.07, 6.45) is 3.68. The Morgan fingerprint density at radius 1 is 1.28 bits per heavy atom. The van der Waals surface area contributed by atoms with Crippen molar-refractivity contribution >= 4 is 12.1 Å². The van der Waals surface area contributed by atoms with Gasteiger partial charge in [0, 0.05) is 6.54 Å². The molecule has 0 radical (unpaired) electrons. The molecule has 5 nitrogen and oxygen atoms in total. The second kappa shape index (κ2) is 8.37. The molecule has 1 unspecified atom stereocenters. The standard InChI is InChI=1S/C20H29NO4/c1-5-24-18(22)16-10-9-14-7-6-8-15(17(14)13-16)11-12-21-19(23)25-20(2,3)4/h9-10,13,15H,5-8,11-12H2,1-4H3,(H,21,23). The largest absolute Gasteiger partial charge is 0.462 e. The van der Waals surface area contributed by atoms with E-state index < -0.39 is 5.60 Å². The fourth-order valence-corrected chi connectivity index (χ4v) is 3.20. The van der Waals surface area contributed by atoms with Crippen molar-refractivity contribution in [1.82, 2.24) is 5.32 Å². The van der Waals surface area contributed by atoms with Crippen LogP contribution >= 0.6 is 0 Å². The van der Waals surface area contributed by atoms with Gasteiger partial charge in [0.2, 0.25) is 0 Å². The summed E-state index contributed by atoms with van der Waals surface area (Å²) < 4.78 is 10.4. The summed E-state index contributed by atoms with van der Waals surface area (Å²) >= 11 is 0. The lowest BCUT2D eigenvalue weighted by molar-refractivity contribution is 0.0516. The molecule has 1 aliphatic carbocycles. The van der Waals surface area contributed by atoms with Gasteiger partial charge in [-0.1, -0.05) is 6.07 Å². The van der Waals surface area contributed by atoms with Gasteiger partial charge < -0.3 is 14.8 Å². The second-order valence-electron chi connectivity index (χ2n) is 7.44. The van der Waals surface area contributed by atoms with E-state index in [4.69, 9.17) is 9.47 Å². The Morgan fingerprint density at radius 3 is 2.72 bits per heavy atom. The van der Waals surface area contributed by atoms with Crippen LogP contribution in [0.2, 0.25) is 0 Å². The number of aryl methyl sites for hydroxylation is 1. The van der Waals surface area contributed by atoms with Gasteiger partial charge in [0.05, 0.1) is 12.2 Å². The minimum absolute atomic E-state index is 0.276. The van der Waals surface area contributed by atoms with Crippen molar-refractivity contribution in [2.24, 2.45) is 0 Å². The maximum Gasteiger partial charge on any atom is 0.407 e. The summed E-state index contributed by atoms with van der Waals surface area (Å²) in [5.41, 5.74) is 2.62. The van der Waals surface area contributed by atoms with E-state index in [1.165, 1.54) is 11.1 Å². The first-order valence-electron chi connectivity index (χ1n) is 9.07. The van der Waals surface area contributed by atoms with Crippen LogP contribution in [0.5, 0.6) is 0 Å². The molecule has 1 atom stereocenters. The smallest absolute Gasteiger partial charge is 0.407 e. The van der Waals surface area contributed by atoms with Crippen LogP contribution in [0.15, 0.2) is 18.2 Å². The van der Waals surface area contributed by atoms with Crippen LogP contribution in [-0.2, 0) is 15.9 Å². The predicted molar refractivity (Wildman–Crippen MR) is 96.9 cm³/mol. The second-order valence-corrected chi connectivity index (χ2v) is 7.44. The summed E-state index contributed by atoms with van der Waals surface area (Å²) in [6.45, 7) is 8.28. The van der Waals surface area contributed by atoms with Crippen molar-refractivity contribution in [2.45, 2.75) is 64.9 Å². The molecule has 138 valence electrons. The molecule has 1 aromatic carbocycles. The van der Waals surface area contributed by atoms with Crippen LogP contribution in [0, 0.1) is 0 Å². The molecule has 0 aliphatic heterocycles. The Kier molecular flexibility index (Phi) is 6.45. The van der Waals surface area contributed by atoms with Crippen molar-refractivity contribution in [1.29, 1.82) is 0 Å². The van der Waals surface area contributed by atoms with E-state index in [2.05, 4.69) is 5.32 Å². The lowest BCUT2D eigenvalue weighted by Crippen LogP contribution is -2.33. The van der Waals surface area contributed by atoms with Gasteiger partial charge in [-0.2, -0.15) is 0 Å². The number of fused-ring (bicyclic) bond motifs is 1. The number of carbonyl (C=O) groups excluding carboxylic acids is 2. The third kappa shape index (κ3) is 5.76. The average Bonchev–Trinajstić information content (AvgIpc) is 2.53. The number of esters is 1. The number of hydrogen-bond acceptors (Lipinski definition) is 4. The van der Waals surface area contributed by atoms with Crippen molar-refractivity contribution in [3.8, 4) is 0 Å². The van der Waals surface area contributed by atoms with Crippen LogP contribution in [0.1, 0.15) is 74.4 Å². The van der Waals surface area contributed by atoms with Gasteiger partial charge in [-0.15, -0.1) is 0 Å². The highest BCUT2D eigenvalue weighted by molar-refractivity contribution is 5.89. The third-order valence-electron chi connectivity index (χ3n) is 4.26. The third-order valence-corrected chi connectivity index (χ3v) is 4.26. The van der Waals surface area contributed by atoms with Crippen LogP contribution < -0.4 is 5.32 Å². The quantitative estimate of drug-likeness (QED) is 0.811. The number of rotatable bonds is 5. The number of benzene rings is 1. The molecule has 1 aromatic rings. The minimum atomic E-state index is -0.490. The van der Waals surface area contributed by atoms with Crippen molar-refractivity contribution in [3.63, 3.8) is 0 Å². The Bertz CT molecular complexity index is 619. The van der Waals surface area contributed by atoms with Gasteiger partial charge in [-0.05, 0) is 82.6 Å². The highest BCUT2D eigenvalue weighted by atomic mass is 16.6. The molecular weight excluding hydrogens is 318 g/mol. The molecule has 1 aliphatic rings. The summed E-state index contributed by atoms with van der Waals surface area (Å²) in [6, 6.07) is 5.85. The Balaban J connectivity index is 1.99. The monoisotopic (exact) mass is 347 g/mol. The van der Waals surface area contributed by atoms with Gasteiger partial charge in [0.1, 0.15) is 5.60 Å². The van der Waals surface area contributed by atoms with Crippen LogP contribution in [-0.4, -0.2) is 30.8 Å². The zero-order valence-electron chi connectivity index (χ0n) is 15.7. The molecule has 0 saturated heterocycles. The normalized spacial score (nSPS) is 16.7. The SMILES string of the molecule is CCOC(=O)c1ccc2c(c1)C(CCNC(=O)OC(C)(C)C)CCC2. The summed E-state index contributed by atoms with van der Waals surface area (Å²) in [5, 5.41) is 2.82. The minimum Gasteiger partial charge on any atom is -0.462 e. The van der Waals surface area contributed by atoms with Crippen molar-refractivity contribution in [2.75, 3.05) is 13.2 Å². The van der Waals surface area contributed by atoms with Gasteiger partial charge in [-0.3, -0.25) is 0 Å². The zero-order chi connectivity index (χ0) is 18.4. The van der Waals surface area contributed by atoms with Crippen LogP contribution in [0.3, 0.4) is 0 Å². The Hall–Kier alpha value is -2.04. The maximum absolute atomic E-state index is 12.0. The summed E-state index contributed by atoms with van der Waals surface area (Å²) in [4.78, 5) is 23.7. The number of amides is 1. The number of alkyl carbamates (subject to hydrolysis) is 1. The molecule has 0 aromatic heterocycles.